The molecule has 4 N–H and O–H groups in total. The molecular weight excluding hydrogens is 287 g/mol. The summed E-state index contributed by atoms with van der Waals surface area (Å²) in [7, 11) is -3.79. The van der Waals surface area contributed by atoms with Gasteiger partial charge in [0.05, 0.1) is 18.1 Å². The van der Waals surface area contributed by atoms with Crippen LogP contribution in [0, 0.1) is 12.7 Å². The minimum Gasteiger partial charge on any atom is -0.398 e. The normalized spacial score (nSPS) is 11.8. The first kappa shape index (κ1) is 16.8. The average molecular weight is 306 g/mol. The Balaban J connectivity index is 2.61. The van der Waals surface area contributed by atoms with Gasteiger partial charge in [0.2, 0.25) is 10.0 Å². The Kier molecular flexibility index (Phi) is 6.34. The number of hydrogen-bond acceptors (Lipinski definition) is 5. The molecule has 0 heterocycles. The zero-order valence-corrected chi connectivity index (χ0v) is 12.0. The molecule has 0 amide bonds. The van der Waals surface area contributed by atoms with Crippen LogP contribution >= 0.6 is 0 Å². The van der Waals surface area contributed by atoms with Crippen molar-refractivity contribution in [3.8, 4) is 0 Å². The molecule has 0 aliphatic carbocycles. The maximum absolute atomic E-state index is 13.5. The summed E-state index contributed by atoms with van der Waals surface area (Å²) < 4.78 is 44.7. The Bertz CT molecular complexity index is 525. The van der Waals surface area contributed by atoms with Gasteiger partial charge in [0.25, 0.3) is 0 Å². The van der Waals surface area contributed by atoms with E-state index in [4.69, 9.17) is 15.6 Å². The van der Waals surface area contributed by atoms with E-state index in [0.717, 1.165) is 6.07 Å². The largest absolute Gasteiger partial charge is 0.398 e. The van der Waals surface area contributed by atoms with Crippen molar-refractivity contribution in [3.63, 3.8) is 0 Å². The van der Waals surface area contributed by atoms with E-state index in [1.165, 1.54) is 13.0 Å². The summed E-state index contributed by atoms with van der Waals surface area (Å²) in [6.07, 6.45) is 0.447. The molecule has 0 spiro atoms. The molecule has 0 aliphatic rings. The van der Waals surface area contributed by atoms with Crippen LogP contribution in [0.2, 0.25) is 0 Å². The van der Waals surface area contributed by atoms with E-state index in [0.29, 0.717) is 13.0 Å². The van der Waals surface area contributed by atoms with Gasteiger partial charge < -0.3 is 15.6 Å². The predicted octanol–water partition coefficient (Wildman–Crippen LogP) is 0.394. The van der Waals surface area contributed by atoms with E-state index in [9.17, 15) is 12.8 Å². The van der Waals surface area contributed by atoms with Crippen LogP contribution in [-0.4, -0.2) is 39.9 Å². The number of benzene rings is 1. The van der Waals surface area contributed by atoms with Crippen molar-refractivity contribution < 1.29 is 22.7 Å². The number of nitrogens with one attached hydrogen (secondary N) is 1. The molecule has 0 radical (unpaired) electrons. The van der Waals surface area contributed by atoms with Crippen LogP contribution in [0.1, 0.15) is 12.0 Å². The monoisotopic (exact) mass is 306 g/mol. The standard InChI is InChI=1S/C12H19FN2O4S/c1-9-11(13)7-10(8-12(9)14)20(17,18)15-3-2-5-19-6-4-16/h7-8,15-16H,2-6,14H2,1H3. The molecule has 114 valence electrons. The lowest BCUT2D eigenvalue weighted by Gasteiger charge is -2.09. The highest BCUT2D eigenvalue weighted by atomic mass is 32.2. The first-order chi connectivity index (χ1) is 9.38. The number of sulfonamides is 1. The Morgan fingerprint density at radius 1 is 1.40 bits per heavy atom. The maximum atomic E-state index is 13.5. The van der Waals surface area contributed by atoms with E-state index in [1.807, 2.05) is 0 Å². The Hall–Kier alpha value is -1.22. The SMILES string of the molecule is Cc1c(N)cc(S(=O)(=O)NCCCOCCO)cc1F. The summed E-state index contributed by atoms with van der Waals surface area (Å²) in [4.78, 5) is -0.200. The Morgan fingerprint density at radius 3 is 2.70 bits per heavy atom. The molecule has 0 saturated heterocycles. The predicted molar refractivity (Wildman–Crippen MR) is 73.3 cm³/mol. The Morgan fingerprint density at radius 2 is 2.10 bits per heavy atom. The molecular formula is C12H19FN2O4S. The molecule has 1 rings (SSSR count). The fourth-order valence-electron chi connectivity index (χ4n) is 1.46. The lowest BCUT2D eigenvalue weighted by Crippen LogP contribution is -2.26. The smallest absolute Gasteiger partial charge is 0.240 e. The van der Waals surface area contributed by atoms with Gasteiger partial charge in [-0.1, -0.05) is 0 Å². The second-order valence-electron chi connectivity index (χ2n) is 4.21. The van der Waals surface area contributed by atoms with E-state index >= 15 is 0 Å². The van der Waals surface area contributed by atoms with Crippen LogP contribution in [0.4, 0.5) is 10.1 Å². The molecule has 0 fully saturated rings. The summed E-state index contributed by atoms with van der Waals surface area (Å²) in [5.74, 6) is -0.656. The number of halogens is 1. The minimum absolute atomic E-state index is 0.0757. The van der Waals surface area contributed by atoms with Gasteiger partial charge >= 0.3 is 0 Å². The summed E-state index contributed by atoms with van der Waals surface area (Å²) in [6, 6.07) is 2.17. The first-order valence-corrected chi connectivity index (χ1v) is 7.60. The third-order valence-electron chi connectivity index (χ3n) is 2.66. The van der Waals surface area contributed by atoms with Gasteiger partial charge in [-0.25, -0.2) is 17.5 Å². The summed E-state index contributed by atoms with van der Waals surface area (Å²) in [6.45, 7) is 2.10. The number of rotatable bonds is 8. The summed E-state index contributed by atoms with van der Waals surface area (Å²) in [5, 5.41) is 8.49. The van der Waals surface area contributed by atoms with Crippen LogP contribution < -0.4 is 10.5 Å². The zero-order valence-electron chi connectivity index (χ0n) is 11.2. The van der Waals surface area contributed by atoms with Crippen LogP contribution in [-0.2, 0) is 14.8 Å². The van der Waals surface area contributed by atoms with Crippen molar-refractivity contribution >= 4 is 15.7 Å². The van der Waals surface area contributed by atoms with Crippen LogP contribution in [0.3, 0.4) is 0 Å². The van der Waals surface area contributed by atoms with Crippen molar-refractivity contribution in [1.82, 2.24) is 4.72 Å². The quantitative estimate of drug-likeness (QED) is 0.476. The number of ether oxygens (including phenoxy) is 1. The molecule has 8 heteroatoms. The fraction of sp³-hybridized carbons (Fsp3) is 0.500. The highest BCUT2D eigenvalue weighted by molar-refractivity contribution is 7.89. The third-order valence-corrected chi connectivity index (χ3v) is 4.10. The van der Waals surface area contributed by atoms with Crippen molar-refractivity contribution in [3.05, 3.63) is 23.5 Å². The van der Waals surface area contributed by atoms with Gasteiger partial charge in [-0.2, -0.15) is 0 Å². The second-order valence-corrected chi connectivity index (χ2v) is 5.97. The molecule has 0 aliphatic heterocycles. The molecule has 6 nitrogen and oxygen atoms in total. The molecule has 0 atom stereocenters. The zero-order chi connectivity index (χ0) is 15.2. The molecule has 0 aromatic heterocycles. The highest BCUT2D eigenvalue weighted by Crippen LogP contribution is 2.20. The van der Waals surface area contributed by atoms with Crippen molar-refractivity contribution in [2.45, 2.75) is 18.2 Å². The fourth-order valence-corrected chi connectivity index (χ4v) is 2.58. The van der Waals surface area contributed by atoms with Crippen molar-refractivity contribution in [2.75, 3.05) is 32.1 Å². The Labute approximate surface area is 117 Å². The van der Waals surface area contributed by atoms with E-state index in [1.54, 1.807) is 0 Å². The third kappa shape index (κ3) is 4.71. The maximum Gasteiger partial charge on any atom is 0.240 e. The lowest BCUT2D eigenvalue weighted by atomic mass is 10.2. The number of hydrogen-bond donors (Lipinski definition) is 3. The van der Waals surface area contributed by atoms with Crippen molar-refractivity contribution in [2.24, 2.45) is 0 Å². The van der Waals surface area contributed by atoms with Gasteiger partial charge in [-0.05, 0) is 25.5 Å². The van der Waals surface area contributed by atoms with Crippen LogP contribution in [0.15, 0.2) is 17.0 Å². The minimum atomic E-state index is -3.79. The number of nitrogen functional groups attached to an aromatic ring is 1. The lowest BCUT2D eigenvalue weighted by molar-refractivity contribution is 0.0913. The van der Waals surface area contributed by atoms with E-state index in [-0.39, 0.29) is 35.9 Å². The first-order valence-electron chi connectivity index (χ1n) is 6.12. The van der Waals surface area contributed by atoms with Gasteiger partial charge in [-0.15, -0.1) is 0 Å². The molecule has 20 heavy (non-hydrogen) atoms. The van der Waals surface area contributed by atoms with Crippen LogP contribution in [0.25, 0.3) is 0 Å². The average Bonchev–Trinajstić information content (AvgIpc) is 2.39. The second kappa shape index (κ2) is 7.53. The van der Waals surface area contributed by atoms with Crippen molar-refractivity contribution in [1.29, 1.82) is 0 Å². The number of aliphatic hydroxyl groups is 1. The number of anilines is 1. The molecule has 1 aromatic rings. The van der Waals surface area contributed by atoms with Crippen LogP contribution in [0.5, 0.6) is 0 Å². The van der Waals surface area contributed by atoms with E-state index in [2.05, 4.69) is 4.72 Å². The number of aliphatic hydroxyl groups excluding tert-OH is 1. The van der Waals surface area contributed by atoms with Gasteiger partial charge in [0.15, 0.2) is 0 Å². The highest BCUT2D eigenvalue weighted by Gasteiger charge is 2.16. The topological polar surface area (TPSA) is 102 Å². The summed E-state index contributed by atoms with van der Waals surface area (Å²) >= 11 is 0. The number of nitrogens with two attached hydrogens (primary N) is 1. The molecule has 0 saturated carbocycles. The van der Waals surface area contributed by atoms with Gasteiger partial charge in [-0.3, -0.25) is 0 Å². The molecule has 0 unspecified atom stereocenters. The summed E-state index contributed by atoms with van der Waals surface area (Å²) in [5.41, 5.74) is 5.87. The van der Waals surface area contributed by atoms with E-state index < -0.39 is 15.8 Å². The van der Waals surface area contributed by atoms with Gasteiger partial charge in [0, 0.05) is 24.4 Å². The molecule has 0 bridgehead atoms. The molecule has 1 aromatic carbocycles. The van der Waals surface area contributed by atoms with Gasteiger partial charge in [0.1, 0.15) is 5.82 Å².